The van der Waals surface area contributed by atoms with Gasteiger partial charge in [0.1, 0.15) is 9.73 Å². The Morgan fingerprint density at radius 3 is 2.18 bits per heavy atom. The molecule has 1 aromatic carbocycles. The summed E-state index contributed by atoms with van der Waals surface area (Å²) in [5, 5.41) is 0.725. The Balaban J connectivity index is 1.73. The first kappa shape index (κ1) is 27.1. The highest BCUT2D eigenvalue weighted by Gasteiger charge is 2.31. The maximum absolute atomic E-state index is 14.2. The number of thioether (sulfide) groups is 1. The standard InChI is InChI=1S/C29H33N3O3S3/c1-16(2)20-13-22(17(3)4)26(23(14-20)18(5)6)38(33,34)35-28-25-21-9-12-36-15-24(21)37-29(25)32-27(31-28)19-7-10-30-11-8-19/h7-8,10-11,13-14,16-18H,9,12,15H2,1-6H3. The van der Waals surface area contributed by atoms with E-state index in [1.807, 2.05) is 63.7 Å². The second-order valence-electron chi connectivity index (χ2n) is 10.6. The van der Waals surface area contributed by atoms with E-state index in [1.54, 1.807) is 23.7 Å². The highest BCUT2D eigenvalue weighted by molar-refractivity contribution is 7.98. The molecule has 0 saturated heterocycles. The van der Waals surface area contributed by atoms with E-state index < -0.39 is 10.1 Å². The van der Waals surface area contributed by atoms with Crippen molar-refractivity contribution < 1.29 is 12.6 Å². The van der Waals surface area contributed by atoms with Gasteiger partial charge < -0.3 is 4.18 Å². The molecule has 9 heteroatoms. The molecule has 0 bridgehead atoms. The maximum Gasteiger partial charge on any atom is 0.341 e. The van der Waals surface area contributed by atoms with Crippen molar-refractivity contribution in [1.29, 1.82) is 0 Å². The molecule has 1 aliphatic heterocycles. The van der Waals surface area contributed by atoms with Crippen LogP contribution >= 0.6 is 23.1 Å². The van der Waals surface area contributed by atoms with E-state index in [9.17, 15) is 8.42 Å². The molecule has 3 aromatic heterocycles. The normalized spacial score (nSPS) is 14.0. The Bertz CT molecular complexity index is 1560. The third kappa shape index (κ3) is 5.08. The first-order valence-corrected chi connectivity index (χ1v) is 16.4. The topological polar surface area (TPSA) is 82.0 Å². The van der Waals surface area contributed by atoms with Crippen LogP contribution in [0.25, 0.3) is 21.6 Å². The largest absolute Gasteiger partial charge is 0.357 e. The van der Waals surface area contributed by atoms with Gasteiger partial charge in [-0.3, -0.25) is 4.98 Å². The minimum atomic E-state index is -4.21. The first-order chi connectivity index (χ1) is 18.1. The number of nitrogens with zero attached hydrogens (tertiary/aromatic N) is 3. The van der Waals surface area contributed by atoms with Gasteiger partial charge in [-0.15, -0.1) is 11.3 Å². The number of pyridine rings is 1. The summed E-state index contributed by atoms with van der Waals surface area (Å²) in [5.74, 6) is 2.69. The molecular weight excluding hydrogens is 535 g/mol. The van der Waals surface area contributed by atoms with Gasteiger partial charge in [-0.05, 0) is 64.3 Å². The van der Waals surface area contributed by atoms with E-state index in [0.717, 1.165) is 56.0 Å². The van der Waals surface area contributed by atoms with Crippen molar-refractivity contribution in [2.24, 2.45) is 0 Å². The number of aryl methyl sites for hydroxylation is 1. The fraction of sp³-hybridized carbons (Fsp3) is 0.414. The third-order valence-corrected chi connectivity index (χ3v) is 10.5. The van der Waals surface area contributed by atoms with Gasteiger partial charge in [0.05, 0.1) is 5.39 Å². The van der Waals surface area contributed by atoms with E-state index in [-0.39, 0.29) is 28.5 Å². The summed E-state index contributed by atoms with van der Waals surface area (Å²) in [4.78, 5) is 15.9. The van der Waals surface area contributed by atoms with Gasteiger partial charge in [0.2, 0.25) is 5.88 Å². The molecule has 0 amide bonds. The van der Waals surface area contributed by atoms with Crippen LogP contribution in [0.2, 0.25) is 0 Å². The monoisotopic (exact) mass is 567 g/mol. The Morgan fingerprint density at radius 1 is 0.921 bits per heavy atom. The number of thiophene rings is 1. The number of benzene rings is 1. The maximum atomic E-state index is 14.2. The Hall–Kier alpha value is -2.49. The molecule has 0 unspecified atom stereocenters. The summed E-state index contributed by atoms with van der Waals surface area (Å²) in [5.41, 5.74) is 4.56. The van der Waals surface area contributed by atoms with Crippen molar-refractivity contribution in [1.82, 2.24) is 15.0 Å². The Morgan fingerprint density at radius 2 is 1.58 bits per heavy atom. The van der Waals surface area contributed by atoms with Crippen molar-refractivity contribution in [2.75, 3.05) is 5.75 Å². The third-order valence-electron chi connectivity index (χ3n) is 6.89. The summed E-state index contributed by atoms with van der Waals surface area (Å²) < 4.78 is 34.5. The number of rotatable bonds is 7. The van der Waals surface area contributed by atoms with E-state index in [0.29, 0.717) is 5.82 Å². The quantitative estimate of drug-likeness (QED) is 0.212. The van der Waals surface area contributed by atoms with Crippen LogP contribution in [0.3, 0.4) is 0 Å². The molecule has 5 rings (SSSR count). The molecular formula is C29H33N3O3S3. The molecule has 6 nitrogen and oxygen atoms in total. The number of hydrogen-bond donors (Lipinski definition) is 0. The zero-order chi connectivity index (χ0) is 27.2. The van der Waals surface area contributed by atoms with Gasteiger partial charge in [0.25, 0.3) is 0 Å². The minimum absolute atomic E-state index is 0.00306. The lowest BCUT2D eigenvalue weighted by atomic mass is 9.89. The van der Waals surface area contributed by atoms with Crippen LogP contribution in [0.15, 0.2) is 41.6 Å². The van der Waals surface area contributed by atoms with Crippen molar-refractivity contribution in [2.45, 2.75) is 76.4 Å². The summed E-state index contributed by atoms with van der Waals surface area (Å²) in [7, 11) is -4.21. The summed E-state index contributed by atoms with van der Waals surface area (Å²) >= 11 is 3.48. The van der Waals surface area contributed by atoms with Crippen LogP contribution in [0.4, 0.5) is 0 Å². The molecule has 38 heavy (non-hydrogen) atoms. The van der Waals surface area contributed by atoms with E-state index in [2.05, 4.69) is 18.8 Å². The summed E-state index contributed by atoms with van der Waals surface area (Å²) in [6, 6.07) is 7.70. The summed E-state index contributed by atoms with van der Waals surface area (Å²) in [6.07, 6.45) is 4.19. The molecule has 0 radical (unpaired) electrons. The van der Waals surface area contributed by atoms with Crippen LogP contribution in [0.5, 0.6) is 5.88 Å². The van der Waals surface area contributed by atoms with Crippen molar-refractivity contribution in [3.8, 4) is 17.3 Å². The fourth-order valence-corrected chi connectivity index (χ4v) is 8.73. The number of fused-ring (bicyclic) bond motifs is 3. The number of hydrogen-bond acceptors (Lipinski definition) is 8. The lowest BCUT2D eigenvalue weighted by Gasteiger charge is -2.22. The second kappa shape index (κ2) is 10.6. The molecule has 200 valence electrons. The fourth-order valence-electron chi connectivity index (χ4n) is 4.80. The lowest BCUT2D eigenvalue weighted by molar-refractivity contribution is 0.475. The first-order valence-electron chi connectivity index (χ1n) is 13.0. The highest BCUT2D eigenvalue weighted by Crippen LogP contribution is 2.43. The zero-order valence-corrected chi connectivity index (χ0v) is 25.1. The minimum Gasteiger partial charge on any atom is -0.357 e. The Kier molecular flexibility index (Phi) is 7.55. The molecule has 1 aliphatic rings. The van der Waals surface area contributed by atoms with E-state index in [4.69, 9.17) is 14.2 Å². The van der Waals surface area contributed by atoms with Crippen LogP contribution < -0.4 is 4.18 Å². The average Bonchev–Trinajstić information content (AvgIpc) is 3.27. The molecule has 0 atom stereocenters. The molecule has 0 N–H and O–H groups in total. The van der Waals surface area contributed by atoms with Crippen LogP contribution in [0, 0.1) is 0 Å². The molecule has 0 aliphatic carbocycles. The summed E-state index contributed by atoms with van der Waals surface area (Å²) in [6.45, 7) is 12.4. The molecule has 0 saturated carbocycles. The van der Waals surface area contributed by atoms with Crippen LogP contribution in [-0.2, 0) is 22.3 Å². The van der Waals surface area contributed by atoms with E-state index >= 15 is 0 Å². The SMILES string of the molecule is CC(C)c1cc(C(C)C)c(S(=O)(=O)Oc2nc(-c3ccncc3)nc3sc4c(c23)CCSC4)c(C(C)C)c1. The van der Waals surface area contributed by atoms with Crippen molar-refractivity contribution in [3.63, 3.8) is 0 Å². The number of aromatic nitrogens is 3. The van der Waals surface area contributed by atoms with Crippen molar-refractivity contribution >= 4 is 43.4 Å². The molecule has 4 heterocycles. The molecule has 0 fully saturated rings. The van der Waals surface area contributed by atoms with E-state index in [1.165, 1.54) is 4.88 Å². The highest BCUT2D eigenvalue weighted by atomic mass is 32.2. The van der Waals surface area contributed by atoms with Crippen LogP contribution in [-0.4, -0.2) is 29.1 Å². The zero-order valence-electron chi connectivity index (χ0n) is 22.6. The molecule has 4 aromatic rings. The van der Waals surface area contributed by atoms with Crippen LogP contribution in [0.1, 0.15) is 86.4 Å². The van der Waals surface area contributed by atoms with Gasteiger partial charge in [0.15, 0.2) is 5.82 Å². The predicted molar refractivity (Wildman–Crippen MR) is 157 cm³/mol. The van der Waals surface area contributed by atoms with Gasteiger partial charge in [-0.2, -0.15) is 25.2 Å². The second-order valence-corrected chi connectivity index (χ2v) is 14.3. The van der Waals surface area contributed by atoms with Gasteiger partial charge in [-0.1, -0.05) is 53.7 Å². The van der Waals surface area contributed by atoms with Gasteiger partial charge >= 0.3 is 10.1 Å². The van der Waals surface area contributed by atoms with Crippen molar-refractivity contribution in [3.05, 3.63) is 63.8 Å². The predicted octanol–water partition coefficient (Wildman–Crippen LogP) is 7.68. The van der Waals surface area contributed by atoms with Gasteiger partial charge in [-0.25, -0.2) is 4.98 Å². The smallest absolute Gasteiger partial charge is 0.341 e. The average molecular weight is 568 g/mol. The Labute approximate surface area is 233 Å². The lowest BCUT2D eigenvalue weighted by Crippen LogP contribution is -2.18. The van der Waals surface area contributed by atoms with Gasteiger partial charge in [0, 0.05) is 28.6 Å². The molecule has 0 spiro atoms.